The molecule has 2 aromatic rings. The Bertz CT molecular complexity index is 967. The maximum atomic E-state index is 13.3. The predicted molar refractivity (Wildman–Crippen MR) is 116 cm³/mol. The van der Waals surface area contributed by atoms with Crippen LogP contribution in [0.3, 0.4) is 0 Å². The van der Waals surface area contributed by atoms with Crippen molar-refractivity contribution in [3.8, 4) is 16.9 Å². The second-order valence-corrected chi connectivity index (χ2v) is 9.70. The van der Waals surface area contributed by atoms with Gasteiger partial charge in [0.1, 0.15) is 17.7 Å². The average Bonchev–Trinajstić information content (AvgIpc) is 2.77. The van der Waals surface area contributed by atoms with E-state index in [0.717, 1.165) is 54.9 Å². The number of fused-ring (bicyclic) bond motifs is 4. The largest absolute Gasteiger partial charge is 0.493 e. The number of amides is 1. The van der Waals surface area contributed by atoms with Crippen LogP contribution in [0.25, 0.3) is 11.1 Å². The van der Waals surface area contributed by atoms with Crippen molar-refractivity contribution >= 4 is 6.09 Å². The molecule has 164 valence electrons. The van der Waals surface area contributed by atoms with E-state index in [0.29, 0.717) is 12.5 Å². The minimum absolute atomic E-state index is 0.0224. The number of benzene rings is 2. The molecule has 1 unspecified atom stereocenters. The molecule has 4 heterocycles. The van der Waals surface area contributed by atoms with Crippen molar-refractivity contribution in [2.45, 2.75) is 38.8 Å². The number of nitrogens with zero attached hydrogens (tertiary/aromatic N) is 1. The Morgan fingerprint density at radius 2 is 1.84 bits per heavy atom. The third kappa shape index (κ3) is 4.01. The van der Waals surface area contributed by atoms with Gasteiger partial charge in [-0.15, -0.1) is 0 Å². The fourth-order valence-electron chi connectivity index (χ4n) is 5.09. The minimum Gasteiger partial charge on any atom is -0.493 e. The van der Waals surface area contributed by atoms with E-state index >= 15 is 0 Å². The van der Waals surface area contributed by atoms with Gasteiger partial charge in [0.05, 0.1) is 12.6 Å². The quantitative estimate of drug-likeness (QED) is 0.771. The smallest absolute Gasteiger partial charge is 0.407 e. The van der Waals surface area contributed by atoms with Gasteiger partial charge >= 0.3 is 6.09 Å². The fraction of sp³-hybridized carbons (Fsp3) is 0.480. The molecule has 1 N–H and O–H groups in total. The molecule has 2 atom stereocenters. The Morgan fingerprint density at radius 3 is 2.52 bits per heavy atom. The first kappa shape index (κ1) is 20.3. The Labute approximate surface area is 182 Å². The standard InChI is InChI=1S/C25H29FN2O3/c1-25(2)15-30-21-13-18(16-3-6-19(26)7-4-16)5-8-20(21)23(25)27-24(29)31-22-14-28-11-9-17(22)10-12-28/h3-8,13,17,22-23H,9-12,14-15H2,1-2H3,(H,27,29)/t22-,23?/m1/s1. The highest BCUT2D eigenvalue weighted by molar-refractivity contribution is 5.70. The number of hydrogen-bond donors (Lipinski definition) is 1. The van der Waals surface area contributed by atoms with Gasteiger partial charge in [-0.05, 0) is 61.2 Å². The summed E-state index contributed by atoms with van der Waals surface area (Å²) in [7, 11) is 0. The Morgan fingerprint density at radius 1 is 1.13 bits per heavy atom. The molecule has 3 saturated heterocycles. The Balaban J connectivity index is 1.35. The van der Waals surface area contributed by atoms with Crippen molar-refractivity contribution in [3.63, 3.8) is 0 Å². The van der Waals surface area contributed by atoms with Crippen LogP contribution in [0.15, 0.2) is 42.5 Å². The van der Waals surface area contributed by atoms with Gasteiger partial charge in [0.25, 0.3) is 0 Å². The zero-order valence-electron chi connectivity index (χ0n) is 18.1. The number of nitrogens with one attached hydrogen (secondary N) is 1. The molecule has 2 bridgehead atoms. The number of piperidine rings is 3. The van der Waals surface area contributed by atoms with Crippen molar-refractivity contribution in [1.29, 1.82) is 0 Å². The van der Waals surface area contributed by atoms with Gasteiger partial charge in [0.15, 0.2) is 0 Å². The van der Waals surface area contributed by atoms with Crippen molar-refractivity contribution in [2.24, 2.45) is 11.3 Å². The van der Waals surface area contributed by atoms with Crippen molar-refractivity contribution < 1.29 is 18.7 Å². The number of hydrogen-bond acceptors (Lipinski definition) is 4. The van der Waals surface area contributed by atoms with E-state index in [4.69, 9.17) is 9.47 Å². The number of alkyl carbamates (subject to hydrolysis) is 1. The zero-order chi connectivity index (χ0) is 21.6. The van der Waals surface area contributed by atoms with Gasteiger partial charge in [-0.2, -0.15) is 0 Å². The summed E-state index contributed by atoms with van der Waals surface area (Å²) in [5.41, 5.74) is 2.53. The molecule has 6 heteroatoms. The third-order valence-electron chi connectivity index (χ3n) is 7.00. The first-order valence-electron chi connectivity index (χ1n) is 11.1. The number of halogens is 1. The van der Waals surface area contributed by atoms with Crippen molar-refractivity contribution in [2.75, 3.05) is 26.2 Å². The van der Waals surface area contributed by atoms with Gasteiger partial charge in [-0.25, -0.2) is 9.18 Å². The topological polar surface area (TPSA) is 50.8 Å². The summed E-state index contributed by atoms with van der Waals surface area (Å²) >= 11 is 0. The maximum Gasteiger partial charge on any atom is 0.407 e. The first-order chi connectivity index (χ1) is 14.9. The normalized spacial score (nSPS) is 28.4. The molecular weight excluding hydrogens is 395 g/mol. The van der Waals surface area contributed by atoms with Crippen LogP contribution in [-0.2, 0) is 4.74 Å². The van der Waals surface area contributed by atoms with Crippen LogP contribution in [0.5, 0.6) is 5.75 Å². The molecule has 1 amide bonds. The van der Waals surface area contributed by atoms with E-state index in [-0.39, 0.29) is 29.5 Å². The highest BCUT2D eigenvalue weighted by Crippen LogP contribution is 2.44. The zero-order valence-corrected chi connectivity index (χ0v) is 18.1. The lowest BCUT2D eigenvalue weighted by Gasteiger charge is -2.44. The second-order valence-electron chi connectivity index (χ2n) is 9.70. The van der Waals surface area contributed by atoms with Crippen LogP contribution in [0, 0.1) is 17.2 Å². The molecular formula is C25H29FN2O3. The van der Waals surface area contributed by atoms with Gasteiger partial charge in [0, 0.05) is 17.5 Å². The Kier molecular flexibility index (Phi) is 5.13. The molecule has 5 nitrogen and oxygen atoms in total. The summed E-state index contributed by atoms with van der Waals surface area (Å²) in [6.07, 6.45) is 1.84. The summed E-state index contributed by atoms with van der Waals surface area (Å²) < 4.78 is 25.2. The molecule has 4 aliphatic rings. The minimum atomic E-state index is -0.354. The molecule has 0 aromatic heterocycles. The molecule has 0 spiro atoms. The molecule has 0 saturated carbocycles. The van der Waals surface area contributed by atoms with E-state index in [2.05, 4.69) is 24.1 Å². The number of carbonyl (C=O) groups is 1. The van der Waals surface area contributed by atoms with E-state index in [1.807, 2.05) is 18.2 Å². The lowest BCUT2D eigenvalue weighted by Crippen LogP contribution is -2.53. The summed E-state index contributed by atoms with van der Waals surface area (Å²) in [4.78, 5) is 15.2. The molecule has 4 aliphatic heterocycles. The predicted octanol–water partition coefficient (Wildman–Crippen LogP) is 4.77. The summed E-state index contributed by atoms with van der Waals surface area (Å²) in [6, 6.07) is 12.1. The third-order valence-corrected chi connectivity index (χ3v) is 7.00. The van der Waals surface area contributed by atoms with Crippen LogP contribution >= 0.6 is 0 Å². The molecule has 2 aromatic carbocycles. The summed E-state index contributed by atoms with van der Waals surface area (Å²) in [5.74, 6) is 0.962. The van der Waals surface area contributed by atoms with Gasteiger partial charge < -0.3 is 14.8 Å². The van der Waals surface area contributed by atoms with Crippen LogP contribution < -0.4 is 10.1 Å². The summed E-state index contributed by atoms with van der Waals surface area (Å²) in [6.45, 7) is 7.72. The van der Waals surface area contributed by atoms with Gasteiger partial charge in [-0.3, -0.25) is 4.90 Å². The van der Waals surface area contributed by atoms with Crippen LogP contribution in [0.4, 0.5) is 9.18 Å². The molecule has 31 heavy (non-hydrogen) atoms. The molecule has 0 radical (unpaired) electrons. The fourth-order valence-corrected chi connectivity index (χ4v) is 5.09. The van der Waals surface area contributed by atoms with E-state index in [1.54, 1.807) is 12.1 Å². The average molecular weight is 425 g/mol. The van der Waals surface area contributed by atoms with E-state index < -0.39 is 0 Å². The van der Waals surface area contributed by atoms with Gasteiger partial charge in [0.2, 0.25) is 0 Å². The van der Waals surface area contributed by atoms with Crippen LogP contribution in [0.2, 0.25) is 0 Å². The molecule has 3 fully saturated rings. The highest BCUT2D eigenvalue weighted by Gasteiger charge is 2.41. The maximum absolute atomic E-state index is 13.3. The Hall–Kier alpha value is -2.60. The monoisotopic (exact) mass is 424 g/mol. The van der Waals surface area contributed by atoms with Crippen molar-refractivity contribution in [3.05, 3.63) is 53.8 Å². The lowest BCUT2D eigenvalue weighted by molar-refractivity contribution is -0.0361. The number of ether oxygens (including phenoxy) is 2. The van der Waals surface area contributed by atoms with E-state index in [9.17, 15) is 9.18 Å². The van der Waals surface area contributed by atoms with Crippen molar-refractivity contribution in [1.82, 2.24) is 10.2 Å². The van der Waals surface area contributed by atoms with Gasteiger partial charge in [-0.1, -0.05) is 38.1 Å². The molecule has 0 aliphatic carbocycles. The number of carbonyl (C=O) groups excluding carboxylic acids is 1. The van der Waals surface area contributed by atoms with E-state index in [1.165, 1.54) is 12.1 Å². The lowest BCUT2D eigenvalue weighted by atomic mass is 9.78. The highest BCUT2D eigenvalue weighted by atomic mass is 19.1. The number of rotatable bonds is 3. The van der Waals surface area contributed by atoms with Crippen LogP contribution in [-0.4, -0.2) is 43.3 Å². The molecule has 6 rings (SSSR count). The van der Waals surface area contributed by atoms with Crippen LogP contribution in [0.1, 0.15) is 38.3 Å². The second kappa shape index (κ2) is 7.83. The summed E-state index contributed by atoms with van der Waals surface area (Å²) in [5, 5.41) is 3.13. The first-order valence-corrected chi connectivity index (χ1v) is 11.1. The SMILES string of the molecule is CC1(C)COc2cc(-c3ccc(F)cc3)ccc2C1NC(=O)O[C@@H]1CN2CCC1CC2.